The van der Waals surface area contributed by atoms with Crippen LogP contribution >= 0.6 is 11.6 Å². The van der Waals surface area contributed by atoms with Gasteiger partial charge in [-0.3, -0.25) is 14.5 Å². The highest BCUT2D eigenvalue weighted by Crippen LogP contribution is 2.37. The number of pyridine rings is 1. The van der Waals surface area contributed by atoms with Gasteiger partial charge in [0, 0.05) is 51.0 Å². The number of benzene rings is 2. The van der Waals surface area contributed by atoms with E-state index in [0.29, 0.717) is 22.9 Å². The van der Waals surface area contributed by atoms with Gasteiger partial charge in [0.15, 0.2) is 5.75 Å². The quantitative estimate of drug-likeness (QED) is 0.297. The molecule has 0 aliphatic heterocycles. The summed E-state index contributed by atoms with van der Waals surface area (Å²) in [5.74, 6) is 0.906. The van der Waals surface area contributed by atoms with Crippen LogP contribution in [0.3, 0.4) is 0 Å². The fourth-order valence-electron chi connectivity index (χ4n) is 3.75. The van der Waals surface area contributed by atoms with Crippen molar-refractivity contribution in [3.63, 3.8) is 0 Å². The van der Waals surface area contributed by atoms with Crippen LogP contribution in [0.2, 0.25) is 5.02 Å². The molecule has 4 aromatic rings. The van der Waals surface area contributed by atoms with Crippen molar-refractivity contribution in [2.45, 2.75) is 19.0 Å². The van der Waals surface area contributed by atoms with Crippen LogP contribution < -0.4 is 10.1 Å². The molecule has 0 fully saturated rings. The minimum absolute atomic E-state index is 0.0758. The molecule has 0 spiro atoms. The van der Waals surface area contributed by atoms with E-state index in [0.717, 1.165) is 23.3 Å². The third-order valence-corrected chi connectivity index (χ3v) is 5.76. The Morgan fingerprint density at radius 1 is 1.08 bits per heavy atom. The standard InChI is InChI=1S/C26H22ClF3N4O2/c1-31-25-23(9-10-32-24(25)18-14-33-34(2)15-18)36-20-6-3-16(4-7-20)11-19(35)12-17-5-8-22(27)21(13-17)26(28,29)30/h3-10,13-15,31H,11-12H2,1-2H3. The summed E-state index contributed by atoms with van der Waals surface area (Å²) in [6.07, 6.45) is 0.587. The Kier molecular flexibility index (Phi) is 7.30. The monoisotopic (exact) mass is 514 g/mol. The van der Waals surface area contributed by atoms with E-state index in [1.807, 2.05) is 13.2 Å². The van der Waals surface area contributed by atoms with Crippen molar-refractivity contribution < 1.29 is 22.7 Å². The van der Waals surface area contributed by atoms with Crippen LogP contribution in [0, 0.1) is 0 Å². The van der Waals surface area contributed by atoms with E-state index >= 15 is 0 Å². The number of alkyl halides is 3. The average Bonchev–Trinajstić information content (AvgIpc) is 3.26. The number of carbonyl (C=O) groups excluding carboxylic acids is 1. The number of ketones is 1. The molecule has 0 saturated heterocycles. The van der Waals surface area contributed by atoms with Gasteiger partial charge in [-0.15, -0.1) is 0 Å². The van der Waals surface area contributed by atoms with Gasteiger partial charge in [-0.05, 0) is 35.4 Å². The molecule has 2 heterocycles. The lowest BCUT2D eigenvalue weighted by Crippen LogP contribution is -2.10. The molecule has 0 aliphatic carbocycles. The first kappa shape index (κ1) is 25.2. The third kappa shape index (κ3) is 5.85. The van der Waals surface area contributed by atoms with Gasteiger partial charge in [0.25, 0.3) is 0 Å². The van der Waals surface area contributed by atoms with Gasteiger partial charge in [-0.2, -0.15) is 18.3 Å². The second-order valence-electron chi connectivity index (χ2n) is 8.14. The van der Waals surface area contributed by atoms with Crippen molar-refractivity contribution in [2.75, 3.05) is 12.4 Å². The molecule has 0 bridgehead atoms. The first-order chi connectivity index (χ1) is 17.1. The van der Waals surface area contributed by atoms with Crippen molar-refractivity contribution in [3.8, 4) is 22.8 Å². The van der Waals surface area contributed by atoms with E-state index in [1.54, 1.807) is 54.5 Å². The Bertz CT molecular complexity index is 1380. The summed E-state index contributed by atoms with van der Waals surface area (Å²) < 4.78 is 46.9. The van der Waals surface area contributed by atoms with Crippen molar-refractivity contribution in [1.29, 1.82) is 0 Å². The molecule has 4 rings (SSSR count). The molecule has 0 radical (unpaired) electrons. The van der Waals surface area contributed by atoms with Gasteiger partial charge >= 0.3 is 6.18 Å². The van der Waals surface area contributed by atoms with Crippen molar-refractivity contribution in [2.24, 2.45) is 7.05 Å². The second-order valence-corrected chi connectivity index (χ2v) is 8.54. The molecular formula is C26H22ClF3N4O2. The number of rotatable bonds is 8. The predicted octanol–water partition coefficient (Wildman–Crippen LogP) is 6.34. The van der Waals surface area contributed by atoms with Gasteiger partial charge in [0.1, 0.15) is 22.9 Å². The van der Waals surface area contributed by atoms with Crippen molar-refractivity contribution >= 4 is 23.1 Å². The first-order valence-electron chi connectivity index (χ1n) is 10.9. The number of ether oxygens (including phenoxy) is 1. The van der Waals surface area contributed by atoms with E-state index in [1.165, 1.54) is 6.07 Å². The first-order valence-corrected chi connectivity index (χ1v) is 11.3. The number of nitrogens with one attached hydrogen (secondary N) is 1. The summed E-state index contributed by atoms with van der Waals surface area (Å²) in [6, 6.07) is 12.2. The molecule has 0 amide bonds. The van der Waals surface area contributed by atoms with Gasteiger partial charge in [0.05, 0.1) is 16.8 Å². The number of hydrogen-bond acceptors (Lipinski definition) is 5. The maximum absolute atomic E-state index is 13.1. The second kappa shape index (κ2) is 10.4. The number of hydrogen-bond donors (Lipinski definition) is 1. The Balaban J connectivity index is 1.44. The number of aryl methyl sites for hydroxylation is 1. The highest BCUT2D eigenvalue weighted by Gasteiger charge is 2.33. The summed E-state index contributed by atoms with van der Waals surface area (Å²) in [5, 5.41) is 6.92. The van der Waals surface area contributed by atoms with E-state index in [4.69, 9.17) is 16.3 Å². The Labute approximate surface area is 210 Å². The van der Waals surface area contributed by atoms with Crippen LogP contribution in [0.5, 0.6) is 11.5 Å². The molecule has 6 nitrogen and oxygen atoms in total. The van der Waals surface area contributed by atoms with Crippen LogP contribution in [0.15, 0.2) is 67.1 Å². The van der Waals surface area contributed by atoms with Crippen molar-refractivity contribution in [3.05, 3.63) is 88.8 Å². The lowest BCUT2D eigenvalue weighted by Gasteiger charge is -2.14. The number of anilines is 1. The smallest absolute Gasteiger partial charge is 0.417 e. The normalized spacial score (nSPS) is 11.4. The molecule has 10 heteroatoms. The molecule has 2 aromatic carbocycles. The molecule has 0 aliphatic rings. The SMILES string of the molecule is CNc1c(Oc2ccc(CC(=O)Cc3ccc(Cl)c(C(F)(F)F)c3)cc2)ccnc1-c1cnn(C)c1. The highest BCUT2D eigenvalue weighted by molar-refractivity contribution is 6.31. The van der Waals surface area contributed by atoms with E-state index in [9.17, 15) is 18.0 Å². The molecule has 0 saturated carbocycles. The lowest BCUT2D eigenvalue weighted by atomic mass is 10.0. The minimum Gasteiger partial charge on any atom is -0.455 e. The Hall–Kier alpha value is -3.85. The number of nitrogens with zero attached hydrogens (tertiary/aromatic N) is 3. The van der Waals surface area contributed by atoms with E-state index < -0.39 is 16.8 Å². The summed E-state index contributed by atoms with van der Waals surface area (Å²) >= 11 is 5.65. The summed E-state index contributed by atoms with van der Waals surface area (Å²) in [6.45, 7) is 0. The molecule has 0 unspecified atom stereocenters. The molecule has 186 valence electrons. The summed E-state index contributed by atoms with van der Waals surface area (Å²) in [4.78, 5) is 16.9. The molecule has 1 N–H and O–H groups in total. The number of aromatic nitrogens is 3. The van der Waals surface area contributed by atoms with Crippen LogP contribution in [0.25, 0.3) is 11.3 Å². The van der Waals surface area contributed by atoms with Crippen LogP contribution in [-0.2, 0) is 30.9 Å². The zero-order valence-corrected chi connectivity index (χ0v) is 20.2. The van der Waals surface area contributed by atoms with Crippen LogP contribution in [0.1, 0.15) is 16.7 Å². The number of carbonyl (C=O) groups is 1. The van der Waals surface area contributed by atoms with Gasteiger partial charge in [0.2, 0.25) is 0 Å². The van der Waals surface area contributed by atoms with Crippen molar-refractivity contribution in [1.82, 2.24) is 14.8 Å². The maximum Gasteiger partial charge on any atom is 0.417 e. The number of halogens is 4. The molecular weight excluding hydrogens is 493 g/mol. The highest BCUT2D eigenvalue weighted by atomic mass is 35.5. The Morgan fingerprint density at radius 2 is 1.78 bits per heavy atom. The largest absolute Gasteiger partial charge is 0.455 e. The van der Waals surface area contributed by atoms with Gasteiger partial charge in [-0.1, -0.05) is 29.8 Å². The topological polar surface area (TPSA) is 69.0 Å². The van der Waals surface area contributed by atoms with Crippen LogP contribution in [0.4, 0.5) is 18.9 Å². The lowest BCUT2D eigenvalue weighted by molar-refractivity contribution is -0.137. The molecule has 36 heavy (non-hydrogen) atoms. The van der Waals surface area contributed by atoms with Crippen LogP contribution in [-0.4, -0.2) is 27.6 Å². The van der Waals surface area contributed by atoms with Gasteiger partial charge < -0.3 is 10.1 Å². The third-order valence-electron chi connectivity index (χ3n) is 5.43. The zero-order chi connectivity index (χ0) is 25.9. The summed E-state index contributed by atoms with van der Waals surface area (Å²) in [7, 11) is 3.60. The zero-order valence-electron chi connectivity index (χ0n) is 19.4. The Morgan fingerprint density at radius 3 is 2.42 bits per heavy atom. The molecule has 2 aromatic heterocycles. The van der Waals surface area contributed by atoms with E-state index in [2.05, 4.69) is 15.4 Å². The predicted molar refractivity (Wildman–Crippen MR) is 131 cm³/mol. The summed E-state index contributed by atoms with van der Waals surface area (Å²) in [5.41, 5.74) is 2.27. The number of Topliss-reactive ketones (excluding diaryl/α,β-unsaturated/α-hetero) is 1. The molecule has 0 atom stereocenters. The maximum atomic E-state index is 13.1. The minimum atomic E-state index is -4.58. The van der Waals surface area contributed by atoms with E-state index in [-0.39, 0.29) is 24.2 Å². The average molecular weight is 515 g/mol. The fraction of sp³-hybridized carbons (Fsp3) is 0.192. The fourth-order valence-corrected chi connectivity index (χ4v) is 3.98. The van der Waals surface area contributed by atoms with Gasteiger partial charge in [-0.25, -0.2) is 0 Å².